The molecule has 0 saturated carbocycles. The van der Waals surface area contributed by atoms with Crippen LogP contribution in [0, 0.1) is 0 Å². The van der Waals surface area contributed by atoms with Crippen molar-refractivity contribution < 1.29 is 4.42 Å². The summed E-state index contributed by atoms with van der Waals surface area (Å²) in [6, 6.07) is 6.06. The van der Waals surface area contributed by atoms with E-state index in [0.29, 0.717) is 18.5 Å². The minimum atomic E-state index is 0.248. The maximum absolute atomic E-state index is 5.33. The maximum Gasteiger partial charge on any atom is 0.315 e. The van der Waals surface area contributed by atoms with Gasteiger partial charge in [0.25, 0.3) is 0 Å². The highest BCUT2D eigenvalue weighted by Crippen LogP contribution is 2.05. The Morgan fingerprint density at radius 1 is 1.33 bits per heavy atom. The van der Waals surface area contributed by atoms with Crippen molar-refractivity contribution in [2.24, 2.45) is 5.73 Å². The summed E-state index contributed by atoms with van der Waals surface area (Å²) in [5, 5.41) is 10.4. The van der Waals surface area contributed by atoms with Gasteiger partial charge >= 0.3 is 6.01 Å². The molecule has 0 fully saturated rings. The molecule has 0 aromatic carbocycles. The Labute approximate surface area is 86.5 Å². The molecule has 0 saturated heterocycles. The number of aromatic nitrogens is 3. The van der Waals surface area contributed by atoms with Crippen LogP contribution >= 0.6 is 0 Å². The lowest BCUT2D eigenvalue weighted by molar-refractivity contribution is 0.507. The number of rotatable bonds is 4. The molecule has 2 rings (SSSR count). The van der Waals surface area contributed by atoms with Crippen LogP contribution in [0.3, 0.4) is 0 Å². The number of anilines is 1. The quantitative estimate of drug-likeness (QED) is 0.757. The van der Waals surface area contributed by atoms with Crippen molar-refractivity contribution in [2.45, 2.75) is 13.1 Å². The first-order valence-corrected chi connectivity index (χ1v) is 4.54. The van der Waals surface area contributed by atoms with Gasteiger partial charge in [0, 0.05) is 6.20 Å². The van der Waals surface area contributed by atoms with Crippen LogP contribution < -0.4 is 11.1 Å². The average Bonchev–Trinajstić information content (AvgIpc) is 2.76. The molecule has 15 heavy (non-hydrogen) atoms. The summed E-state index contributed by atoms with van der Waals surface area (Å²) < 4.78 is 5.17. The topological polar surface area (TPSA) is 89.9 Å². The van der Waals surface area contributed by atoms with E-state index in [1.807, 2.05) is 18.2 Å². The van der Waals surface area contributed by atoms with Crippen LogP contribution in [0.1, 0.15) is 11.6 Å². The van der Waals surface area contributed by atoms with Crippen molar-refractivity contribution in [3.8, 4) is 0 Å². The third-order valence-corrected chi connectivity index (χ3v) is 1.79. The maximum atomic E-state index is 5.33. The van der Waals surface area contributed by atoms with Crippen molar-refractivity contribution >= 4 is 6.01 Å². The number of hydrogen-bond acceptors (Lipinski definition) is 6. The van der Waals surface area contributed by atoms with Crippen LogP contribution in [0.2, 0.25) is 0 Å². The van der Waals surface area contributed by atoms with Gasteiger partial charge in [0.2, 0.25) is 5.89 Å². The molecule has 0 aliphatic heterocycles. The van der Waals surface area contributed by atoms with Gasteiger partial charge < -0.3 is 15.5 Å². The fourth-order valence-corrected chi connectivity index (χ4v) is 1.08. The molecule has 2 heterocycles. The molecule has 0 radical (unpaired) electrons. The average molecular weight is 205 g/mol. The van der Waals surface area contributed by atoms with E-state index >= 15 is 0 Å². The second-order valence-corrected chi connectivity index (χ2v) is 2.88. The minimum Gasteiger partial charge on any atom is -0.407 e. The van der Waals surface area contributed by atoms with Gasteiger partial charge in [-0.05, 0) is 12.1 Å². The van der Waals surface area contributed by atoms with Crippen LogP contribution in [-0.4, -0.2) is 15.2 Å². The lowest BCUT2D eigenvalue weighted by atomic mass is 10.3. The van der Waals surface area contributed by atoms with Crippen molar-refractivity contribution in [2.75, 3.05) is 5.32 Å². The van der Waals surface area contributed by atoms with E-state index in [0.717, 1.165) is 5.69 Å². The Balaban J connectivity index is 1.93. The minimum absolute atomic E-state index is 0.248. The van der Waals surface area contributed by atoms with Gasteiger partial charge in [0.15, 0.2) is 0 Å². The first-order chi connectivity index (χ1) is 7.38. The molecule has 0 atom stereocenters. The van der Waals surface area contributed by atoms with E-state index in [1.165, 1.54) is 0 Å². The van der Waals surface area contributed by atoms with E-state index in [4.69, 9.17) is 10.2 Å². The molecule has 6 heteroatoms. The fraction of sp³-hybridized carbons (Fsp3) is 0.222. The normalized spacial score (nSPS) is 10.2. The van der Waals surface area contributed by atoms with Crippen molar-refractivity contribution in [3.05, 3.63) is 36.0 Å². The monoisotopic (exact) mass is 205 g/mol. The summed E-state index contributed by atoms with van der Waals surface area (Å²) in [5.74, 6) is 0.415. The van der Waals surface area contributed by atoms with Crippen molar-refractivity contribution in [1.82, 2.24) is 15.2 Å². The summed E-state index contributed by atoms with van der Waals surface area (Å²) >= 11 is 0. The van der Waals surface area contributed by atoms with Gasteiger partial charge in [-0.15, -0.1) is 5.10 Å². The standard InChI is InChI=1S/C9H11N5O/c10-5-8-13-14-9(15-8)12-6-7-3-1-2-4-11-7/h1-4H,5-6,10H2,(H,12,14). The highest BCUT2D eigenvalue weighted by molar-refractivity contribution is 5.19. The molecule has 0 amide bonds. The molecule has 0 aliphatic carbocycles. The predicted octanol–water partition coefficient (Wildman–Crippen LogP) is 0.535. The molecule has 2 aromatic heterocycles. The van der Waals surface area contributed by atoms with Crippen molar-refractivity contribution in [1.29, 1.82) is 0 Å². The summed E-state index contributed by atoms with van der Waals surface area (Å²) in [6.07, 6.45) is 1.73. The molecule has 0 spiro atoms. The SMILES string of the molecule is NCc1nnc(NCc2ccccn2)o1. The number of nitrogens with two attached hydrogens (primary N) is 1. The van der Waals surface area contributed by atoms with Crippen LogP contribution in [-0.2, 0) is 13.1 Å². The van der Waals surface area contributed by atoms with E-state index in [-0.39, 0.29) is 6.54 Å². The molecule has 0 unspecified atom stereocenters. The van der Waals surface area contributed by atoms with Gasteiger partial charge in [0.05, 0.1) is 18.8 Å². The smallest absolute Gasteiger partial charge is 0.315 e. The van der Waals surface area contributed by atoms with Gasteiger partial charge in [-0.1, -0.05) is 11.2 Å². The van der Waals surface area contributed by atoms with Gasteiger partial charge in [-0.2, -0.15) is 0 Å². The lowest BCUT2D eigenvalue weighted by Gasteiger charge is -1.99. The van der Waals surface area contributed by atoms with E-state index in [2.05, 4.69) is 20.5 Å². The van der Waals surface area contributed by atoms with Gasteiger partial charge in [0.1, 0.15) is 0 Å². The largest absolute Gasteiger partial charge is 0.407 e. The van der Waals surface area contributed by atoms with Gasteiger partial charge in [-0.25, -0.2) is 0 Å². The molecule has 0 bridgehead atoms. The number of nitrogens with one attached hydrogen (secondary N) is 1. The second kappa shape index (κ2) is 4.52. The van der Waals surface area contributed by atoms with Crippen LogP contribution in [0.5, 0.6) is 0 Å². The number of nitrogens with zero attached hydrogens (tertiary/aromatic N) is 3. The van der Waals surface area contributed by atoms with Crippen LogP contribution in [0.25, 0.3) is 0 Å². The fourth-order valence-electron chi connectivity index (χ4n) is 1.08. The molecular formula is C9H11N5O. The van der Waals surface area contributed by atoms with Crippen LogP contribution in [0.15, 0.2) is 28.8 Å². The first kappa shape index (κ1) is 9.60. The zero-order valence-electron chi connectivity index (χ0n) is 8.05. The van der Waals surface area contributed by atoms with E-state index in [1.54, 1.807) is 6.20 Å². The Hall–Kier alpha value is -1.95. The Bertz CT molecular complexity index is 413. The Kier molecular flexibility index (Phi) is 2.89. The lowest BCUT2D eigenvalue weighted by Crippen LogP contribution is -2.01. The van der Waals surface area contributed by atoms with E-state index in [9.17, 15) is 0 Å². The summed E-state index contributed by atoms with van der Waals surface area (Å²) in [5.41, 5.74) is 6.24. The zero-order chi connectivity index (χ0) is 10.5. The number of pyridine rings is 1. The molecule has 0 aliphatic rings. The molecular weight excluding hydrogens is 194 g/mol. The van der Waals surface area contributed by atoms with Crippen molar-refractivity contribution in [3.63, 3.8) is 0 Å². The first-order valence-electron chi connectivity index (χ1n) is 4.54. The molecule has 2 aromatic rings. The highest BCUT2D eigenvalue weighted by Gasteiger charge is 2.03. The molecule has 78 valence electrons. The van der Waals surface area contributed by atoms with Gasteiger partial charge in [-0.3, -0.25) is 4.98 Å². The summed E-state index contributed by atoms with van der Waals surface area (Å²) in [6.45, 7) is 0.797. The summed E-state index contributed by atoms with van der Waals surface area (Å²) in [7, 11) is 0. The third kappa shape index (κ3) is 2.50. The van der Waals surface area contributed by atoms with Crippen LogP contribution in [0.4, 0.5) is 6.01 Å². The Morgan fingerprint density at radius 2 is 2.27 bits per heavy atom. The third-order valence-electron chi connectivity index (χ3n) is 1.79. The second-order valence-electron chi connectivity index (χ2n) is 2.88. The zero-order valence-corrected chi connectivity index (χ0v) is 8.05. The highest BCUT2D eigenvalue weighted by atomic mass is 16.4. The molecule has 6 nitrogen and oxygen atoms in total. The molecule has 3 N–H and O–H groups in total. The Morgan fingerprint density at radius 3 is 2.93 bits per heavy atom. The van der Waals surface area contributed by atoms with E-state index < -0.39 is 0 Å². The summed E-state index contributed by atoms with van der Waals surface area (Å²) in [4.78, 5) is 4.14. The number of hydrogen-bond donors (Lipinski definition) is 2. The predicted molar refractivity (Wildman–Crippen MR) is 53.8 cm³/mol.